The molecule has 1 rings (SSSR count). The fourth-order valence-corrected chi connectivity index (χ4v) is 1.18. The first-order valence-electron chi connectivity index (χ1n) is 4.97. The van der Waals surface area contributed by atoms with Gasteiger partial charge in [-0.15, -0.1) is 0 Å². The van der Waals surface area contributed by atoms with Gasteiger partial charge in [0.25, 0.3) is 0 Å². The maximum atomic E-state index is 2.34. The minimum absolute atomic E-state index is 1.10. The predicted molar refractivity (Wildman–Crippen MR) is 59.3 cm³/mol. The normalized spacial score (nSPS) is 19.1. The second-order valence-corrected chi connectivity index (χ2v) is 3.08. The molecule has 13 heavy (non-hydrogen) atoms. The largest absolute Gasteiger partial charge is 0.0845 e. The first-order chi connectivity index (χ1) is 6.50. The number of hydrogen-bond acceptors (Lipinski definition) is 0. The highest BCUT2D eigenvalue weighted by Crippen LogP contribution is 2.03. The van der Waals surface area contributed by atoms with Gasteiger partial charge in [0.15, 0.2) is 0 Å². The molecular formula is C13H17. The predicted octanol–water partition coefficient (Wildman–Crippen LogP) is 3.99. The van der Waals surface area contributed by atoms with E-state index < -0.39 is 0 Å². The van der Waals surface area contributed by atoms with Crippen molar-refractivity contribution in [3.05, 3.63) is 55.0 Å². The van der Waals surface area contributed by atoms with E-state index in [1.807, 2.05) is 0 Å². The van der Waals surface area contributed by atoms with Crippen molar-refractivity contribution < 1.29 is 0 Å². The molecular weight excluding hydrogens is 156 g/mol. The molecule has 0 bridgehead atoms. The van der Waals surface area contributed by atoms with E-state index in [0.29, 0.717) is 0 Å². The number of hydrogen-bond donors (Lipinski definition) is 0. The van der Waals surface area contributed by atoms with Gasteiger partial charge < -0.3 is 0 Å². The van der Waals surface area contributed by atoms with E-state index in [9.17, 15) is 0 Å². The summed E-state index contributed by atoms with van der Waals surface area (Å²) in [5.41, 5.74) is 0. The highest BCUT2D eigenvalue weighted by atomic mass is 13.9. The van der Waals surface area contributed by atoms with Gasteiger partial charge in [-0.2, -0.15) is 0 Å². The first-order valence-corrected chi connectivity index (χ1v) is 4.97. The standard InChI is InChI=1S/C13H17/c1-2-4-6-8-10-12-13-11-9-7-5-3-1/h1-8,11H,9-10,12-13H2. The second-order valence-electron chi connectivity index (χ2n) is 3.08. The third-order valence-electron chi connectivity index (χ3n) is 1.91. The summed E-state index contributed by atoms with van der Waals surface area (Å²) in [6.07, 6.45) is 24.0. The summed E-state index contributed by atoms with van der Waals surface area (Å²) >= 11 is 0. The minimum Gasteiger partial charge on any atom is -0.0845 e. The minimum atomic E-state index is 1.10. The van der Waals surface area contributed by atoms with Gasteiger partial charge in [-0.3, -0.25) is 0 Å². The van der Waals surface area contributed by atoms with Crippen molar-refractivity contribution >= 4 is 0 Å². The van der Waals surface area contributed by atoms with Gasteiger partial charge in [-0.1, -0.05) is 48.6 Å². The van der Waals surface area contributed by atoms with Crippen molar-refractivity contribution in [3.8, 4) is 0 Å². The third-order valence-corrected chi connectivity index (χ3v) is 1.91. The van der Waals surface area contributed by atoms with Crippen LogP contribution in [0.15, 0.2) is 48.6 Å². The Kier molecular flexibility index (Phi) is 5.87. The summed E-state index contributed by atoms with van der Waals surface area (Å²) in [5, 5.41) is 0. The molecule has 69 valence electrons. The van der Waals surface area contributed by atoms with Gasteiger partial charge in [0.05, 0.1) is 0 Å². The van der Waals surface area contributed by atoms with Gasteiger partial charge in [0, 0.05) is 0 Å². The van der Waals surface area contributed by atoms with Crippen molar-refractivity contribution in [1.82, 2.24) is 0 Å². The lowest BCUT2D eigenvalue weighted by Gasteiger charge is -1.93. The van der Waals surface area contributed by atoms with E-state index >= 15 is 0 Å². The zero-order valence-electron chi connectivity index (χ0n) is 8.02. The van der Waals surface area contributed by atoms with Gasteiger partial charge in [0.1, 0.15) is 0 Å². The molecule has 0 aromatic carbocycles. The average Bonchev–Trinajstić information content (AvgIpc) is 2.18. The van der Waals surface area contributed by atoms with E-state index in [4.69, 9.17) is 0 Å². The molecule has 0 aromatic heterocycles. The molecule has 0 unspecified atom stereocenters. The number of rotatable bonds is 0. The maximum Gasteiger partial charge on any atom is -0.0316 e. The smallest absolute Gasteiger partial charge is 0.0316 e. The molecule has 0 aromatic rings. The molecule has 0 saturated carbocycles. The van der Waals surface area contributed by atoms with Crippen LogP contribution in [0.1, 0.15) is 25.7 Å². The Hall–Kier alpha value is -1.04. The van der Waals surface area contributed by atoms with Gasteiger partial charge in [0.2, 0.25) is 0 Å². The molecule has 0 heteroatoms. The number of allylic oxidation sites excluding steroid dienone is 8. The van der Waals surface area contributed by atoms with Gasteiger partial charge in [-0.05, 0) is 32.1 Å². The zero-order chi connectivity index (χ0) is 9.19. The van der Waals surface area contributed by atoms with E-state index in [2.05, 4.69) is 55.0 Å². The quantitative estimate of drug-likeness (QED) is 0.519. The van der Waals surface area contributed by atoms with Crippen molar-refractivity contribution in [3.63, 3.8) is 0 Å². The molecule has 0 saturated heterocycles. The Bertz CT molecular complexity index is 192. The lowest BCUT2D eigenvalue weighted by Crippen LogP contribution is -1.75. The van der Waals surface area contributed by atoms with Crippen LogP contribution in [0.2, 0.25) is 0 Å². The fourth-order valence-electron chi connectivity index (χ4n) is 1.18. The lowest BCUT2D eigenvalue weighted by atomic mass is 10.1. The first kappa shape index (κ1) is 10.0. The Morgan fingerprint density at radius 1 is 0.615 bits per heavy atom. The summed E-state index contributed by atoms with van der Waals surface area (Å²) < 4.78 is 0. The topological polar surface area (TPSA) is 0 Å². The summed E-state index contributed by atoms with van der Waals surface area (Å²) in [5.74, 6) is 0. The van der Waals surface area contributed by atoms with Crippen LogP contribution < -0.4 is 0 Å². The van der Waals surface area contributed by atoms with Crippen molar-refractivity contribution in [2.75, 3.05) is 0 Å². The lowest BCUT2D eigenvalue weighted by molar-refractivity contribution is 0.811. The van der Waals surface area contributed by atoms with Gasteiger partial charge in [-0.25, -0.2) is 0 Å². The van der Waals surface area contributed by atoms with Crippen LogP contribution in [-0.4, -0.2) is 0 Å². The van der Waals surface area contributed by atoms with E-state index in [1.54, 1.807) is 0 Å². The van der Waals surface area contributed by atoms with Crippen molar-refractivity contribution in [2.24, 2.45) is 0 Å². The second kappa shape index (κ2) is 7.60. The monoisotopic (exact) mass is 173 g/mol. The summed E-state index contributed by atoms with van der Waals surface area (Å²) in [7, 11) is 0. The van der Waals surface area contributed by atoms with Crippen LogP contribution in [0.5, 0.6) is 0 Å². The molecule has 0 atom stereocenters. The SMILES string of the molecule is [CH]1CC=CC=CC=CC=CCCC1. The van der Waals surface area contributed by atoms with Crippen LogP contribution in [0.3, 0.4) is 0 Å². The molecule has 0 heterocycles. The van der Waals surface area contributed by atoms with Crippen LogP contribution in [0.25, 0.3) is 0 Å². The van der Waals surface area contributed by atoms with E-state index in [-0.39, 0.29) is 0 Å². The molecule has 0 N–H and O–H groups in total. The van der Waals surface area contributed by atoms with Crippen LogP contribution >= 0.6 is 0 Å². The van der Waals surface area contributed by atoms with Gasteiger partial charge >= 0.3 is 0 Å². The van der Waals surface area contributed by atoms with Crippen LogP contribution in [0, 0.1) is 6.42 Å². The molecule has 0 nitrogen and oxygen atoms in total. The van der Waals surface area contributed by atoms with Crippen molar-refractivity contribution in [2.45, 2.75) is 25.7 Å². The maximum absolute atomic E-state index is 2.34. The Morgan fingerprint density at radius 3 is 2.15 bits per heavy atom. The highest BCUT2D eigenvalue weighted by molar-refractivity contribution is 5.15. The Labute approximate surface area is 81.4 Å². The molecule has 1 radical (unpaired) electrons. The molecule has 0 spiro atoms. The fraction of sp³-hybridized carbons (Fsp3) is 0.308. The molecule has 1 aliphatic rings. The van der Waals surface area contributed by atoms with Crippen LogP contribution in [-0.2, 0) is 0 Å². The van der Waals surface area contributed by atoms with E-state index in [0.717, 1.165) is 6.42 Å². The zero-order valence-corrected chi connectivity index (χ0v) is 8.02. The molecule has 0 amide bonds. The molecule has 0 aliphatic heterocycles. The Balaban J connectivity index is 2.39. The van der Waals surface area contributed by atoms with Crippen LogP contribution in [0.4, 0.5) is 0 Å². The molecule has 0 fully saturated rings. The highest BCUT2D eigenvalue weighted by Gasteiger charge is 1.85. The van der Waals surface area contributed by atoms with Crippen molar-refractivity contribution in [1.29, 1.82) is 0 Å². The third kappa shape index (κ3) is 6.15. The summed E-state index contributed by atoms with van der Waals surface area (Å²) in [6, 6.07) is 0. The Morgan fingerprint density at radius 2 is 1.31 bits per heavy atom. The summed E-state index contributed by atoms with van der Waals surface area (Å²) in [4.78, 5) is 0. The summed E-state index contributed by atoms with van der Waals surface area (Å²) in [6.45, 7) is 0. The molecule has 1 aliphatic carbocycles. The van der Waals surface area contributed by atoms with E-state index in [1.165, 1.54) is 19.3 Å². The average molecular weight is 173 g/mol.